The highest BCUT2D eigenvalue weighted by molar-refractivity contribution is 9.10. The van der Waals surface area contributed by atoms with E-state index >= 15 is 0 Å². The van der Waals surface area contributed by atoms with E-state index in [4.69, 9.17) is 0 Å². The number of hydrogen-bond acceptors (Lipinski definition) is 2. The molecule has 94 valence electrons. The Balaban J connectivity index is 2.52. The van der Waals surface area contributed by atoms with Crippen LogP contribution in [0.1, 0.15) is 28.3 Å². The molecular weight excluding hydrogens is 288 g/mol. The van der Waals surface area contributed by atoms with Crippen molar-refractivity contribution in [1.82, 2.24) is 10.3 Å². The van der Waals surface area contributed by atoms with Gasteiger partial charge in [0.15, 0.2) is 0 Å². The molecule has 1 N–H and O–H groups in total. The van der Waals surface area contributed by atoms with Crippen LogP contribution >= 0.6 is 15.9 Å². The van der Waals surface area contributed by atoms with Gasteiger partial charge in [-0.25, -0.2) is 0 Å². The van der Waals surface area contributed by atoms with Gasteiger partial charge in [0.05, 0.1) is 6.04 Å². The highest BCUT2D eigenvalue weighted by Gasteiger charge is 2.17. The van der Waals surface area contributed by atoms with Gasteiger partial charge in [-0.05, 0) is 49.7 Å². The first-order valence-electron chi connectivity index (χ1n) is 5.97. The van der Waals surface area contributed by atoms with Crippen LogP contribution in [0.5, 0.6) is 0 Å². The molecule has 2 nitrogen and oxygen atoms in total. The first kappa shape index (κ1) is 13.2. The summed E-state index contributed by atoms with van der Waals surface area (Å²) in [6.45, 7) is 4.23. The van der Waals surface area contributed by atoms with Crippen LogP contribution in [0.2, 0.25) is 0 Å². The maximum atomic E-state index is 4.24. The van der Waals surface area contributed by atoms with Gasteiger partial charge in [0, 0.05) is 16.9 Å². The molecule has 2 rings (SSSR count). The van der Waals surface area contributed by atoms with Crippen LogP contribution in [-0.2, 0) is 0 Å². The average Bonchev–Trinajstić information content (AvgIpc) is 2.36. The van der Waals surface area contributed by atoms with Gasteiger partial charge in [-0.2, -0.15) is 0 Å². The van der Waals surface area contributed by atoms with Gasteiger partial charge in [0.1, 0.15) is 0 Å². The molecule has 0 amide bonds. The summed E-state index contributed by atoms with van der Waals surface area (Å²) in [6.07, 6.45) is 3.77. The standard InChI is InChI=1S/C15H17BrN2/c1-10-4-5-14(16)12(8-10)15(17-3)13-9-18-7-6-11(13)2/h4-9,15,17H,1-3H3. The monoisotopic (exact) mass is 304 g/mol. The third-order valence-corrected chi connectivity index (χ3v) is 3.86. The molecule has 0 fully saturated rings. The minimum Gasteiger partial charge on any atom is -0.309 e. The lowest BCUT2D eigenvalue weighted by Crippen LogP contribution is -2.19. The fourth-order valence-electron chi connectivity index (χ4n) is 2.14. The third kappa shape index (κ3) is 2.62. The second-order valence-electron chi connectivity index (χ2n) is 4.48. The number of hydrogen-bond donors (Lipinski definition) is 1. The van der Waals surface area contributed by atoms with E-state index in [9.17, 15) is 0 Å². The lowest BCUT2D eigenvalue weighted by molar-refractivity contribution is 0.681. The summed E-state index contributed by atoms with van der Waals surface area (Å²) in [5.41, 5.74) is 4.97. The Labute approximate surface area is 117 Å². The lowest BCUT2D eigenvalue weighted by Gasteiger charge is -2.20. The largest absolute Gasteiger partial charge is 0.309 e. The van der Waals surface area contributed by atoms with Gasteiger partial charge in [0.25, 0.3) is 0 Å². The van der Waals surface area contributed by atoms with E-state index < -0.39 is 0 Å². The minimum atomic E-state index is 0.160. The van der Waals surface area contributed by atoms with E-state index in [1.54, 1.807) is 0 Å². The SMILES string of the molecule is CNC(c1cnccc1C)c1cc(C)ccc1Br. The van der Waals surface area contributed by atoms with Crippen LogP contribution in [-0.4, -0.2) is 12.0 Å². The molecule has 0 spiro atoms. The van der Waals surface area contributed by atoms with Gasteiger partial charge in [0.2, 0.25) is 0 Å². The van der Waals surface area contributed by atoms with Gasteiger partial charge < -0.3 is 5.32 Å². The second kappa shape index (κ2) is 5.63. The molecule has 1 unspecified atom stereocenters. The van der Waals surface area contributed by atoms with Crippen LogP contribution < -0.4 is 5.32 Å². The van der Waals surface area contributed by atoms with Gasteiger partial charge in [-0.3, -0.25) is 4.98 Å². The van der Waals surface area contributed by atoms with Crippen molar-refractivity contribution < 1.29 is 0 Å². The molecule has 1 aromatic heterocycles. The van der Waals surface area contributed by atoms with Crippen molar-refractivity contribution in [3.8, 4) is 0 Å². The van der Waals surface area contributed by atoms with Crippen molar-refractivity contribution in [2.45, 2.75) is 19.9 Å². The Kier molecular flexibility index (Phi) is 4.15. The second-order valence-corrected chi connectivity index (χ2v) is 5.33. The van der Waals surface area contributed by atoms with Gasteiger partial charge >= 0.3 is 0 Å². The third-order valence-electron chi connectivity index (χ3n) is 3.14. The quantitative estimate of drug-likeness (QED) is 0.933. The number of nitrogens with one attached hydrogen (secondary N) is 1. The molecule has 3 heteroatoms. The van der Waals surface area contributed by atoms with Crippen molar-refractivity contribution in [3.63, 3.8) is 0 Å². The molecule has 0 aliphatic heterocycles. The number of aryl methyl sites for hydroxylation is 2. The molecule has 18 heavy (non-hydrogen) atoms. The number of halogens is 1. The number of rotatable bonds is 3. The molecule has 2 aromatic rings. The summed E-state index contributed by atoms with van der Waals surface area (Å²) >= 11 is 3.63. The Morgan fingerprint density at radius 1 is 1.17 bits per heavy atom. The Bertz CT molecular complexity index is 552. The number of benzene rings is 1. The first-order valence-corrected chi connectivity index (χ1v) is 6.76. The lowest BCUT2D eigenvalue weighted by atomic mass is 9.96. The molecule has 0 saturated carbocycles. The van der Waals surface area contributed by atoms with Gasteiger partial charge in [-0.15, -0.1) is 0 Å². The smallest absolute Gasteiger partial charge is 0.0603 e. The highest BCUT2D eigenvalue weighted by Crippen LogP contribution is 2.30. The van der Waals surface area contributed by atoms with Crippen molar-refractivity contribution in [3.05, 3.63) is 63.4 Å². The Morgan fingerprint density at radius 2 is 1.94 bits per heavy atom. The van der Waals surface area contributed by atoms with E-state index in [0.29, 0.717) is 0 Å². The van der Waals surface area contributed by atoms with Crippen LogP contribution in [0.3, 0.4) is 0 Å². The van der Waals surface area contributed by atoms with Crippen molar-refractivity contribution in [2.24, 2.45) is 0 Å². The predicted octanol–water partition coefficient (Wildman–Crippen LogP) is 3.77. The zero-order valence-electron chi connectivity index (χ0n) is 10.9. The molecule has 1 heterocycles. The van der Waals surface area contributed by atoms with Crippen LogP contribution in [0.25, 0.3) is 0 Å². The summed E-state index contributed by atoms with van der Waals surface area (Å²) in [6, 6.07) is 8.62. The van der Waals surface area contributed by atoms with Crippen LogP contribution in [0.4, 0.5) is 0 Å². The Hall–Kier alpha value is -1.19. The maximum Gasteiger partial charge on any atom is 0.0603 e. The number of pyridine rings is 1. The number of aromatic nitrogens is 1. The van der Waals surface area contributed by atoms with Crippen LogP contribution in [0, 0.1) is 13.8 Å². The van der Waals surface area contributed by atoms with E-state index in [-0.39, 0.29) is 6.04 Å². The minimum absolute atomic E-state index is 0.160. The van der Waals surface area contributed by atoms with Crippen molar-refractivity contribution >= 4 is 15.9 Å². The molecule has 1 atom stereocenters. The topological polar surface area (TPSA) is 24.9 Å². The average molecular weight is 305 g/mol. The zero-order chi connectivity index (χ0) is 13.1. The first-order chi connectivity index (χ1) is 8.63. The molecule has 0 saturated heterocycles. The number of nitrogens with zero attached hydrogens (tertiary/aromatic N) is 1. The molecule has 1 aromatic carbocycles. The van der Waals surface area contributed by atoms with E-state index in [2.05, 4.69) is 58.3 Å². The van der Waals surface area contributed by atoms with E-state index in [1.165, 1.54) is 22.3 Å². The summed E-state index contributed by atoms with van der Waals surface area (Å²) in [5.74, 6) is 0. The zero-order valence-corrected chi connectivity index (χ0v) is 12.5. The summed E-state index contributed by atoms with van der Waals surface area (Å²) < 4.78 is 1.12. The van der Waals surface area contributed by atoms with Crippen molar-refractivity contribution in [2.75, 3.05) is 7.05 Å². The molecule has 0 aliphatic carbocycles. The van der Waals surface area contributed by atoms with E-state index in [0.717, 1.165) is 4.47 Å². The molecule has 0 aliphatic rings. The van der Waals surface area contributed by atoms with E-state index in [1.807, 2.05) is 25.5 Å². The summed E-state index contributed by atoms with van der Waals surface area (Å²) in [4.78, 5) is 4.24. The normalized spacial score (nSPS) is 12.4. The highest BCUT2D eigenvalue weighted by atomic mass is 79.9. The maximum absolute atomic E-state index is 4.24. The fraction of sp³-hybridized carbons (Fsp3) is 0.267. The summed E-state index contributed by atoms with van der Waals surface area (Å²) in [7, 11) is 1.98. The van der Waals surface area contributed by atoms with Crippen LogP contribution in [0.15, 0.2) is 41.1 Å². The van der Waals surface area contributed by atoms with Gasteiger partial charge in [-0.1, -0.05) is 33.6 Å². The fourth-order valence-corrected chi connectivity index (χ4v) is 2.62. The molecule has 0 radical (unpaired) electrons. The molecule has 0 bridgehead atoms. The molecular formula is C15H17BrN2. The van der Waals surface area contributed by atoms with Crippen molar-refractivity contribution in [1.29, 1.82) is 0 Å². The predicted molar refractivity (Wildman–Crippen MR) is 78.8 cm³/mol. The summed E-state index contributed by atoms with van der Waals surface area (Å²) in [5, 5.41) is 3.37. The Morgan fingerprint density at radius 3 is 2.61 bits per heavy atom.